The molecule has 0 aliphatic carbocycles. The quantitative estimate of drug-likeness (QED) is 0.467. The largest absolute Gasteiger partial charge is 0.338 e. The van der Waals surface area contributed by atoms with Crippen LogP contribution in [0.25, 0.3) is 31.9 Å². The molecule has 3 aromatic heterocycles. The highest BCUT2D eigenvalue weighted by molar-refractivity contribution is 7.20. The number of benzene rings is 2. The van der Waals surface area contributed by atoms with Gasteiger partial charge in [-0.05, 0) is 35.4 Å². The van der Waals surface area contributed by atoms with E-state index < -0.39 is 0 Å². The van der Waals surface area contributed by atoms with E-state index in [1.54, 1.807) is 16.0 Å². The molecule has 3 heterocycles. The standard InChI is InChI=1S/C21H17N3OS/c1-13-9-18-20(26-13)17-11-22-24(21(25)19(17)23(18)2)12-14-7-8-15-5-3-4-6-16(15)10-14/h3-11H,12H2,1-2H3. The van der Waals surface area contributed by atoms with Crippen molar-refractivity contribution in [1.82, 2.24) is 14.3 Å². The van der Waals surface area contributed by atoms with Gasteiger partial charge in [0.1, 0.15) is 5.52 Å². The molecule has 26 heavy (non-hydrogen) atoms. The molecule has 0 fully saturated rings. The minimum absolute atomic E-state index is 0.0424. The SMILES string of the molecule is Cc1cc2c(s1)c1cnn(Cc3ccc4ccccc4c3)c(=O)c1n2C. The summed E-state index contributed by atoms with van der Waals surface area (Å²) < 4.78 is 4.69. The van der Waals surface area contributed by atoms with E-state index in [0.717, 1.165) is 26.7 Å². The first-order valence-electron chi connectivity index (χ1n) is 8.54. The van der Waals surface area contributed by atoms with Gasteiger partial charge in [0.2, 0.25) is 0 Å². The van der Waals surface area contributed by atoms with Crippen LogP contribution in [-0.2, 0) is 13.6 Å². The molecule has 0 saturated heterocycles. The maximum Gasteiger partial charge on any atom is 0.291 e. The number of hydrogen-bond acceptors (Lipinski definition) is 3. The van der Waals surface area contributed by atoms with Crippen molar-refractivity contribution in [1.29, 1.82) is 0 Å². The highest BCUT2D eigenvalue weighted by Crippen LogP contribution is 2.32. The lowest BCUT2D eigenvalue weighted by atomic mass is 10.1. The van der Waals surface area contributed by atoms with Crippen LogP contribution < -0.4 is 5.56 Å². The fourth-order valence-corrected chi connectivity index (χ4v) is 4.71. The fraction of sp³-hybridized carbons (Fsp3) is 0.143. The Hall–Kier alpha value is -2.92. The van der Waals surface area contributed by atoms with Crippen molar-refractivity contribution in [2.75, 3.05) is 0 Å². The van der Waals surface area contributed by atoms with Gasteiger partial charge in [-0.3, -0.25) is 4.79 Å². The van der Waals surface area contributed by atoms with E-state index in [0.29, 0.717) is 6.54 Å². The van der Waals surface area contributed by atoms with Gasteiger partial charge in [-0.25, -0.2) is 4.68 Å². The van der Waals surface area contributed by atoms with Crippen molar-refractivity contribution in [3.8, 4) is 0 Å². The van der Waals surface area contributed by atoms with Gasteiger partial charge in [0.05, 0.1) is 23.0 Å². The summed E-state index contributed by atoms with van der Waals surface area (Å²) in [5.41, 5.74) is 2.86. The van der Waals surface area contributed by atoms with Crippen molar-refractivity contribution in [2.24, 2.45) is 7.05 Å². The molecule has 5 heteroatoms. The first-order valence-corrected chi connectivity index (χ1v) is 9.36. The van der Waals surface area contributed by atoms with Crippen LogP contribution in [0.3, 0.4) is 0 Å². The van der Waals surface area contributed by atoms with E-state index in [1.165, 1.54) is 15.6 Å². The molecule has 5 rings (SSSR count). The van der Waals surface area contributed by atoms with Gasteiger partial charge in [-0.1, -0.05) is 36.4 Å². The number of hydrogen-bond donors (Lipinski definition) is 0. The Bertz CT molecular complexity index is 1360. The summed E-state index contributed by atoms with van der Waals surface area (Å²) >= 11 is 1.71. The zero-order valence-corrected chi connectivity index (χ0v) is 15.4. The van der Waals surface area contributed by atoms with Crippen LogP contribution in [0, 0.1) is 6.92 Å². The van der Waals surface area contributed by atoms with Gasteiger partial charge < -0.3 is 4.57 Å². The minimum Gasteiger partial charge on any atom is -0.338 e. The van der Waals surface area contributed by atoms with Gasteiger partial charge in [-0.15, -0.1) is 11.3 Å². The van der Waals surface area contributed by atoms with E-state index in [4.69, 9.17) is 0 Å². The van der Waals surface area contributed by atoms with E-state index >= 15 is 0 Å². The van der Waals surface area contributed by atoms with Crippen LogP contribution in [0.5, 0.6) is 0 Å². The summed E-state index contributed by atoms with van der Waals surface area (Å²) in [6.07, 6.45) is 1.83. The first kappa shape index (κ1) is 15.3. The van der Waals surface area contributed by atoms with E-state index in [9.17, 15) is 4.79 Å². The van der Waals surface area contributed by atoms with E-state index in [1.807, 2.05) is 29.9 Å². The molecule has 0 spiro atoms. The molecule has 2 aromatic carbocycles. The minimum atomic E-state index is -0.0424. The smallest absolute Gasteiger partial charge is 0.291 e. The fourth-order valence-electron chi connectivity index (χ4n) is 3.65. The third kappa shape index (κ3) is 2.21. The van der Waals surface area contributed by atoms with Crippen molar-refractivity contribution in [3.63, 3.8) is 0 Å². The Labute approximate surface area is 153 Å². The maximum atomic E-state index is 13.1. The Morgan fingerprint density at radius 1 is 1.08 bits per heavy atom. The topological polar surface area (TPSA) is 39.8 Å². The average molecular weight is 359 g/mol. The first-order chi connectivity index (χ1) is 12.6. The van der Waals surface area contributed by atoms with Crippen molar-refractivity contribution >= 4 is 43.2 Å². The van der Waals surface area contributed by atoms with Gasteiger partial charge in [0.15, 0.2) is 0 Å². The van der Waals surface area contributed by atoms with Gasteiger partial charge in [0.25, 0.3) is 5.56 Å². The summed E-state index contributed by atoms with van der Waals surface area (Å²) in [7, 11) is 1.96. The second kappa shape index (κ2) is 5.54. The number of thiophene rings is 1. The monoisotopic (exact) mass is 359 g/mol. The third-order valence-corrected chi connectivity index (χ3v) is 6.01. The van der Waals surface area contributed by atoms with Crippen molar-refractivity contribution in [3.05, 3.63) is 75.5 Å². The molecule has 0 amide bonds. The number of rotatable bonds is 2. The van der Waals surface area contributed by atoms with Crippen LogP contribution in [-0.4, -0.2) is 14.3 Å². The Morgan fingerprint density at radius 2 is 1.88 bits per heavy atom. The lowest BCUT2D eigenvalue weighted by Crippen LogP contribution is -2.24. The molecule has 0 aliphatic rings. The van der Waals surface area contributed by atoms with Crippen LogP contribution >= 0.6 is 11.3 Å². The van der Waals surface area contributed by atoms with Crippen LogP contribution in [0.1, 0.15) is 10.4 Å². The number of aryl methyl sites for hydroxylation is 2. The third-order valence-electron chi connectivity index (χ3n) is 4.94. The molecular weight excluding hydrogens is 342 g/mol. The zero-order chi connectivity index (χ0) is 17.8. The Kier molecular flexibility index (Phi) is 3.27. The summed E-state index contributed by atoms with van der Waals surface area (Å²) in [5, 5.41) is 7.77. The predicted molar refractivity (Wildman–Crippen MR) is 108 cm³/mol. The molecule has 0 N–H and O–H groups in total. The van der Waals surface area contributed by atoms with Gasteiger partial charge >= 0.3 is 0 Å². The summed E-state index contributed by atoms with van der Waals surface area (Å²) in [4.78, 5) is 14.3. The maximum absolute atomic E-state index is 13.1. The molecule has 0 saturated carbocycles. The molecule has 0 radical (unpaired) electrons. The van der Waals surface area contributed by atoms with Gasteiger partial charge in [-0.2, -0.15) is 5.10 Å². The molecule has 0 unspecified atom stereocenters. The lowest BCUT2D eigenvalue weighted by Gasteiger charge is -2.07. The summed E-state index contributed by atoms with van der Waals surface area (Å²) in [6, 6.07) is 16.7. The van der Waals surface area contributed by atoms with Crippen molar-refractivity contribution in [2.45, 2.75) is 13.5 Å². The zero-order valence-electron chi connectivity index (χ0n) is 14.6. The predicted octanol–water partition coefficient (Wildman–Crippen LogP) is 4.46. The Balaban J connectivity index is 1.65. The molecule has 5 aromatic rings. The number of fused-ring (bicyclic) bond motifs is 4. The molecule has 4 nitrogen and oxygen atoms in total. The lowest BCUT2D eigenvalue weighted by molar-refractivity contribution is 0.644. The Morgan fingerprint density at radius 3 is 2.73 bits per heavy atom. The van der Waals surface area contributed by atoms with E-state index in [-0.39, 0.29) is 5.56 Å². The molecule has 0 atom stereocenters. The molecular formula is C21H17N3OS. The van der Waals surface area contributed by atoms with E-state index in [2.05, 4.69) is 48.4 Å². The molecule has 0 bridgehead atoms. The average Bonchev–Trinajstić information content (AvgIpc) is 3.14. The highest BCUT2D eigenvalue weighted by Gasteiger charge is 2.16. The van der Waals surface area contributed by atoms with Gasteiger partial charge in [0, 0.05) is 17.3 Å². The highest BCUT2D eigenvalue weighted by atomic mass is 32.1. The van der Waals surface area contributed by atoms with Crippen LogP contribution in [0.15, 0.2) is 59.5 Å². The van der Waals surface area contributed by atoms with Crippen LogP contribution in [0.4, 0.5) is 0 Å². The molecule has 0 aliphatic heterocycles. The molecule has 128 valence electrons. The second-order valence-corrected chi connectivity index (χ2v) is 7.94. The summed E-state index contributed by atoms with van der Waals surface area (Å²) in [6.45, 7) is 2.56. The normalized spacial score (nSPS) is 11.8. The number of aromatic nitrogens is 3. The second-order valence-electron chi connectivity index (χ2n) is 6.68. The van der Waals surface area contributed by atoms with Crippen molar-refractivity contribution < 1.29 is 0 Å². The summed E-state index contributed by atoms with van der Waals surface area (Å²) in [5.74, 6) is 0. The van der Waals surface area contributed by atoms with Crippen LogP contribution in [0.2, 0.25) is 0 Å². The number of nitrogens with zero attached hydrogens (tertiary/aromatic N) is 3.